The number of hydrogen-bond acceptors (Lipinski definition) is 4. The maximum absolute atomic E-state index is 9.56. The lowest BCUT2D eigenvalue weighted by Gasteiger charge is -2.17. The standard InChI is InChI=1S/C5H13NO.C2H6O3S/c1-3-5(2,7)4-6;1-2-6(3,4)5/h7H,3-4,6H2,1-2H3;2H2,1H3,(H,3,4,5). The Morgan fingerprint density at radius 2 is 1.69 bits per heavy atom. The molecule has 0 amide bonds. The molecule has 0 aliphatic carbocycles. The summed E-state index contributed by atoms with van der Waals surface area (Å²) in [6, 6.07) is 0. The lowest BCUT2D eigenvalue weighted by atomic mass is 10.1. The van der Waals surface area contributed by atoms with Gasteiger partial charge in [-0.2, -0.15) is 8.42 Å². The number of aliphatic hydroxyl groups is 1. The third-order valence-electron chi connectivity index (χ3n) is 1.57. The molecule has 0 heterocycles. The quantitative estimate of drug-likeness (QED) is 0.573. The van der Waals surface area contributed by atoms with E-state index in [-0.39, 0.29) is 5.75 Å². The summed E-state index contributed by atoms with van der Waals surface area (Å²) >= 11 is 0. The second-order valence-corrected chi connectivity index (χ2v) is 4.67. The molecule has 5 nitrogen and oxygen atoms in total. The Balaban J connectivity index is 0. The van der Waals surface area contributed by atoms with E-state index in [2.05, 4.69) is 0 Å². The van der Waals surface area contributed by atoms with Crippen LogP contribution < -0.4 is 5.73 Å². The van der Waals surface area contributed by atoms with Crippen LogP contribution in [0.2, 0.25) is 0 Å². The molecular formula is C7H19NO4S. The number of nitrogens with two attached hydrogens (primary N) is 1. The second-order valence-electron chi connectivity index (χ2n) is 2.93. The predicted molar refractivity (Wildman–Crippen MR) is 52.1 cm³/mol. The molecule has 1 unspecified atom stereocenters. The molecule has 0 aromatic carbocycles. The van der Waals surface area contributed by atoms with E-state index in [9.17, 15) is 8.42 Å². The summed E-state index contributed by atoms with van der Waals surface area (Å²) in [4.78, 5) is 0. The molecule has 82 valence electrons. The lowest BCUT2D eigenvalue weighted by Crippen LogP contribution is -2.32. The fraction of sp³-hybridized carbons (Fsp3) is 1.00. The van der Waals surface area contributed by atoms with Gasteiger partial charge < -0.3 is 10.8 Å². The summed E-state index contributed by atoms with van der Waals surface area (Å²) in [5, 5.41) is 9.01. The maximum atomic E-state index is 9.56. The molecule has 0 saturated heterocycles. The van der Waals surface area contributed by atoms with Gasteiger partial charge in [-0.05, 0) is 20.3 Å². The zero-order valence-electron chi connectivity index (χ0n) is 8.32. The third-order valence-corrected chi connectivity index (χ3v) is 2.30. The average Bonchev–Trinajstić information content (AvgIpc) is 2.04. The average molecular weight is 213 g/mol. The minimum atomic E-state index is -3.66. The van der Waals surface area contributed by atoms with Crippen molar-refractivity contribution in [2.45, 2.75) is 32.8 Å². The molecule has 4 N–H and O–H groups in total. The summed E-state index contributed by atoms with van der Waals surface area (Å²) in [6.07, 6.45) is 0.726. The van der Waals surface area contributed by atoms with Crippen molar-refractivity contribution in [1.82, 2.24) is 0 Å². The van der Waals surface area contributed by atoms with Gasteiger partial charge in [-0.1, -0.05) is 6.92 Å². The molecule has 0 aliphatic rings. The SMILES string of the molecule is CCC(C)(O)CN.CCS(=O)(=O)O. The molecule has 0 rings (SSSR count). The van der Waals surface area contributed by atoms with Crippen LogP contribution in [0.5, 0.6) is 0 Å². The summed E-state index contributed by atoms with van der Waals surface area (Å²) in [5.41, 5.74) is 4.53. The molecule has 0 bridgehead atoms. The lowest BCUT2D eigenvalue weighted by molar-refractivity contribution is 0.0652. The highest BCUT2D eigenvalue weighted by Gasteiger charge is 2.12. The monoisotopic (exact) mass is 213 g/mol. The highest BCUT2D eigenvalue weighted by Crippen LogP contribution is 2.03. The van der Waals surface area contributed by atoms with Crippen LogP contribution in [-0.4, -0.2) is 36.0 Å². The van der Waals surface area contributed by atoms with E-state index in [0.717, 1.165) is 6.42 Å². The van der Waals surface area contributed by atoms with Crippen LogP contribution in [0.4, 0.5) is 0 Å². The van der Waals surface area contributed by atoms with Gasteiger partial charge in [-0.3, -0.25) is 4.55 Å². The number of hydrogen-bond donors (Lipinski definition) is 3. The fourth-order valence-electron chi connectivity index (χ4n) is 0.144. The highest BCUT2D eigenvalue weighted by atomic mass is 32.2. The first kappa shape index (κ1) is 15.3. The van der Waals surface area contributed by atoms with E-state index in [0.29, 0.717) is 6.54 Å². The molecule has 0 saturated carbocycles. The van der Waals surface area contributed by atoms with Gasteiger partial charge in [0.05, 0.1) is 11.4 Å². The molecule has 13 heavy (non-hydrogen) atoms. The molecule has 0 aromatic rings. The minimum Gasteiger partial charge on any atom is -0.389 e. The Labute approximate surface area is 79.7 Å². The Hall–Kier alpha value is -0.170. The van der Waals surface area contributed by atoms with Crippen LogP contribution in [0.3, 0.4) is 0 Å². The normalized spacial score (nSPS) is 15.5. The Morgan fingerprint density at radius 1 is 1.38 bits per heavy atom. The third kappa shape index (κ3) is 14.7. The minimum absolute atomic E-state index is 0.201. The summed E-state index contributed by atoms with van der Waals surface area (Å²) in [6.45, 7) is 5.36. The van der Waals surface area contributed by atoms with Crippen LogP contribution in [0, 0.1) is 0 Å². The summed E-state index contributed by atoms with van der Waals surface area (Å²) in [5.74, 6) is -0.201. The van der Waals surface area contributed by atoms with Gasteiger partial charge in [0.15, 0.2) is 0 Å². The van der Waals surface area contributed by atoms with Gasteiger partial charge in [-0.15, -0.1) is 0 Å². The van der Waals surface area contributed by atoms with E-state index in [4.69, 9.17) is 15.4 Å². The van der Waals surface area contributed by atoms with Crippen molar-refractivity contribution in [3.05, 3.63) is 0 Å². The molecule has 1 atom stereocenters. The van der Waals surface area contributed by atoms with Crippen molar-refractivity contribution in [2.24, 2.45) is 5.73 Å². The number of rotatable bonds is 3. The van der Waals surface area contributed by atoms with Crippen LogP contribution in [0.15, 0.2) is 0 Å². The van der Waals surface area contributed by atoms with E-state index in [1.807, 2.05) is 6.92 Å². The van der Waals surface area contributed by atoms with Crippen molar-refractivity contribution in [1.29, 1.82) is 0 Å². The van der Waals surface area contributed by atoms with Crippen LogP contribution >= 0.6 is 0 Å². The highest BCUT2D eigenvalue weighted by molar-refractivity contribution is 7.85. The molecule has 6 heteroatoms. The van der Waals surface area contributed by atoms with Crippen LogP contribution in [0.1, 0.15) is 27.2 Å². The maximum Gasteiger partial charge on any atom is 0.264 e. The topological polar surface area (TPSA) is 101 Å². The van der Waals surface area contributed by atoms with E-state index in [1.165, 1.54) is 6.92 Å². The first-order valence-corrected chi connectivity index (χ1v) is 5.67. The van der Waals surface area contributed by atoms with Crippen LogP contribution in [-0.2, 0) is 10.1 Å². The van der Waals surface area contributed by atoms with Crippen molar-refractivity contribution in [3.63, 3.8) is 0 Å². The predicted octanol–water partition coefficient (Wildman–Crippen LogP) is 0.000200. The largest absolute Gasteiger partial charge is 0.389 e. The molecule has 0 radical (unpaired) electrons. The van der Waals surface area contributed by atoms with Crippen molar-refractivity contribution >= 4 is 10.1 Å². The van der Waals surface area contributed by atoms with Gasteiger partial charge >= 0.3 is 0 Å². The molecule has 0 aromatic heterocycles. The summed E-state index contributed by atoms with van der Waals surface area (Å²) < 4.78 is 26.9. The van der Waals surface area contributed by atoms with Crippen molar-refractivity contribution in [2.75, 3.05) is 12.3 Å². The van der Waals surface area contributed by atoms with E-state index >= 15 is 0 Å². The second kappa shape index (κ2) is 6.31. The van der Waals surface area contributed by atoms with E-state index < -0.39 is 15.7 Å². The van der Waals surface area contributed by atoms with E-state index in [1.54, 1.807) is 6.92 Å². The molecule has 0 aliphatic heterocycles. The van der Waals surface area contributed by atoms with Crippen LogP contribution in [0.25, 0.3) is 0 Å². The van der Waals surface area contributed by atoms with Gasteiger partial charge in [0.2, 0.25) is 0 Å². The van der Waals surface area contributed by atoms with Gasteiger partial charge in [-0.25, -0.2) is 0 Å². The first-order chi connectivity index (χ1) is 5.68. The van der Waals surface area contributed by atoms with Crippen molar-refractivity contribution in [3.8, 4) is 0 Å². The zero-order valence-corrected chi connectivity index (χ0v) is 9.13. The van der Waals surface area contributed by atoms with Gasteiger partial charge in [0, 0.05) is 6.54 Å². The fourth-order valence-corrected chi connectivity index (χ4v) is 0.144. The molecular weight excluding hydrogens is 194 g/mol. The Morgan fingerprint density at radius 3 is 1.69 bits per heavy atom. The van der Waals surface area contributed by atoms with Gasteiger partial charge in [0.25, 0.3) is 10.1 Å². The van der Waals surface area contributed by atoms with Gasteiger partial charge in [0.1, 0.15) is 0 Å². The molecule has 0 spiro atoms. The molecule has 0 fully saturated rings. The Bertz CT molecular complexity index is 205. The zero-order chi connectivity index (χ0) is 11.1. The summed E-state index contributed by atoms with van der Waals surface area (Å²) in [7, 11) is -3.66. The Kier molecular flexibility index (Phi) is 7.43. The first-order valence-electron chi connectivity index (χ1n) is 4.06. The van der Waals surface area contributed by atoms with Crippen molar-refractivity contribution < 1.29 is 18.1 Å². The smallest absolute Gasteiger partial charge is 0.264 e.